The van der Waals surface area contributed by atoms with E-state index in [-0.39, 0.29) is 23.9 Å². The molecule has 0 radical (unpaired) electrons. The minimum atomic E-state index is -0.540. The molecule has 168 valence electrons. The summed E-state index contributed by atoms with van der Waals surface area (Å²) in [6.45, 7) is 8.99. The molecule has 0 bridgehead atoms. The van der Waals surface area contributed by atoms with Gasteiger partial charge in [-0.25, -0.2) is 9.59 Å². The lowest BCUT2D eigenvalue weighted by Crippen LogP contribution is -2.59. The highest BCUT2D eigenvalue weighted by Gasteiger charge is 2.33. The minimum absolute atomic E-state index is 0.233. The number of piperazine rings is 1. The molecule has 0 spiro atoms. The number of nitrogens with zero attached hydrogens (tertiary/aromatic N) is 2. The number of amides is 2. The predicted molar refractivity (Wildman–Crippen MR) is 112 cm³/mol. The topological polar surface area (TPSA) is 93.2 Å². The van der Waals surface area contributed by atoms with Gasteiger partial charge in [0.2, 0.25) is 11.8 Å². The number of esters is 2. The monoisotopic (exact) mass is 422 g/mol. The standard InChI is InChI=1S/C22H34N2O6/c1-5-7-13-29-21(27)11-9-19(25)23-15-18(4)24(16-17(23)3)20(26)10-12-22(28)30-14-8-6-2/h9-12,17-18H,5-8,13-16H2,1-4H3/b11-9+,12-10+/t17-,18-/m0/s1. The van der Waals surface area contributed by atoms with Gasteiger partial charge in [0, 0.05) is 49.5 Å². The highest BCUT2D eigenvalue weighted by molar-refractivity contribution is 5.96. The van der Waals surface area contributed by atoms with E-state index < -0.39 is 11.9 Å². The molecule has 0 N–H and O–H groups in total. The fourth-order valence-electron chi connectivity index (χ4n) is 2.94. The highest BCUT2D eigenvalue weighted by Crippen LogP contribution is 2.16. The van der Waals surface area contributed by atoms with Gasteiger partial charge in [-0.1, -0.05) is 26.7 Å². The van der Waals surface area contributed by atoms with E-state index in [1.54, 1.807) is 9.80 Å². The maximum atomic E-state index is 12.5. The number of carbonyl (C=O) groups is 4. The number of unbranched alkanes of at least 4 members (excludes halogenated alkanes) is 2. The molecule has 1 rings (SSSR count). The van der Waals surface area contributed by atoms with Crippen LogP contribution in [0.3, 0.4) is 0 Å². The van der Waals surface area contributed by atoms with Gasteiger partial charge >= 0.3 is 11.9 Å². The third-order valence-electron chi connectivity index (χ3n) is 4.76. The van der Waals surface area contributed by atoms with Crippen molar-refractivity contribution in [2.75, 3.05) is 26.3 Å². The first-order valence-corrected chi connectivity index (χ1v) is 10.6. The zero-order chi connectivity index (χ0) is 22.5. The molecule has 8 nitrogen and oxygen atoms in total. The van der Waals surface area contributed by atoms with Crippen molar-refractivity contribution < 1.29 is 28.7 Å². The SMILES string of the molecule is CCCCOC(=O)/C=C/C(=O)N1C[C@H](C)N(C(=O)/C=C/C(=O)OCCCC)C[C@@H]1C. The Bertz CT molecular complexity index is 602. The van der Waals surface area contributed by atoms with Gasteiger partial charge in [0.05, 0.1) is 13.2 Å². The van der Waals surface area contributed by atoms with E-state index in [0.717, 1.165) is 37.8 Å². The quantitative estimate of drug-likeness (QED) is 0.304. The zero-order valence-electron chi connectivity index (χ0n) is 18.5. The molecule has 0 unspecified atom stereocenters. The van der Waals surface area contributed by atoms with Crippen molar-refractivity contribution in [3.8, 4) is 0 Å². The Hall–Kier alpha value is -2.64. The van der Waals surface area contributed by atoms with Gasteiger partial charge in [-0.05, 0) is 26.7 Å². The molecule has 2 atom stereocenters. The molecule has 0 aromatic rings. The molecule has 1 aliphatic rings. The number of hydrogen-bond acceptors (Lipinski definition) is 6. The summed E-state index contributed by atoms with van der Waals surface area (Å²) in [6, 6.07) is -0.466. The van der Waals surface area contributed by atoms with Crippen molar-refractivity contribution >= 4 is 23.8 Å². The largest absolute Gasteiger partial charge is 0.463 e. The van der Waals surface area contributed by atoms with E-state index in [9.17, 15) is 19.2 Å². The molecule has 1 fully saturated rings. The molecule has 1 saturated heterocycles. The van der Waals surface area contributed by atoms with Crippen molar-refractivity contribution in [1.82, 2.24) is 9.80 Å². The molecule has 0 aromatic carbocycles. The van der Waals surface area contributed by atoms with Crippen LogP contribution in [0.25, 0.3) is 0 Å². The van der Waals surface area contributed by atoms with Gasteiger partial charge in [0.15, 0.2) is 0 Å². The van der Waals surface area contributed by atoms with Crippen LogP contribution >= 0.6 is 0 Å². The number of rotatable bonds is 10. The zero-order valence-corrected chi connectivity index (χ0v) is 18.5. The van der Waals surface area contributed by atoms with Gasteiger partial charge in [0.25, 0.3) is 0 Å². The van der Waals surface area contributed by atoms with Crippen molar-refractivity contribution in [3.05, 3.63) is 24.3 Å². The summed E-state index contributed by atoms with van der Waals surface area (Å²) in [5.41, 5.74) is 0. The van der Waals surface area contributed by atoms with Crippen LogP contribution < -0.4 is 0 Å². The Morgan fingerprint density at radius 3 is 1.43 bits per heavy atom. The Kier molecular flexibility index (Phi) is 11.5. The maximum Gasteiger partial charge on any atom is 0.330 e. The first-order chi connectivity index (χ1) is 14.3. The van der Waals surface area contributed by atoms with E-state index in [1.165, 1.54) is 12.2 Å². The second kappa shape index (κ2) is 13.6. The van der Waals surface area contributed by atoms with Crippen molar-refractivity contribution in [3.63, 3.8) is 0 Å². The normalized spacial score (nSPS) is 19.3. The molecule has 2 amide bonds. The average molecular weight is 423 g/mol. The second-order valence-corrected chi connectivity index (χ2v) is 7.39. The Labute approximate surface area is 178 Å². The fraction of sp³-hybridized carbons (Fsp3) is 0.636. The van der Waals surface area contributed by atoms with Crippen LogP contribution in [0.4, 0.5) is 0 Å². The Morgan fingerprint density at radius 1 is 0.733 bits per heavy atom. The third kappa shape index (κ3) is 8.80. The van der Waals surface area contributed by atoms with E-state index >= 15 is 0 Å². The Balaban J connectivity index is 2.57. The third-order valence-corrected chi connectivity index (χ3v) is 4.76. The molecular weight excluding hydrogens is 388 g/mol. The number of hydrogen-bond donors (Lipinski definition) is 0. The molecule has 0 aliphatic carbocycles. The summed E-state index contributed by atoms with van der Waals surface area (Å²) >= 11 is 0. The summed E-state index contributed by atoms with van der Waals surface area (Å²) in [6.07, 6.45) is 8.10. The smallest absolute Gasteiger partial charge is 0.330 e. The van der Waals surface area contributed by atoms with E-state index in [2.05, 4.69) is 0 Å². The lowest BCUT2D eigenvalue weighted by molar-refractivity contribution is -0.141. The van der Waals surface area contributed by atoms with Gasteiger partial charge in [-0.2, -0.15) is 0 Å². The molecule has 1 aliphatic heterocycles. The lowest BCUT2D eigenvalue weighted by atomic mass is 10.1. The molecular formula is C22H34N2O6. The molecule has 8 heteroatoms. The Morgan fingerprint density at radius 2 is 1.10 bits per heavy atom. The summed E-state index contributed by atoms with van der Waals surface area (Å²) in [5, 5.41) is 0. The fourth-order valence-corrected chi connectivity index (χ4v) is 2.94. The van der Waals surface area contributed by atoms with Gasteiger partial charge in [-0.15, -0.1) is 0 Å². The van der Waals surface area contributed by atoms with Crippen LogP contribution in [0.5, 0.6) is 0 Å². The van der Waals surface area contributed by atoms with E-state index in [1.807, 2.05) is 27.7 Å². The van der Waals surface area contributed by atoms with Crippen LogP contribution in [0.1, 0.15) is 53.4 Å². The second-order valence-electron chi connectivity index (χ2n) is 7.39. The minimum Gasteiger partial charge on any atom is -0.463 e. The summed E-state index contributed by atoms with van der Waals surface area (Å²) < 4.78 is 10.00. The number of ether oxygens (including phenoxy) is 2. The van der Waals surface area contributed by atoms with Crippen LogP contribution in [0, 0.1) is 0 Å². The van der Waals surface area contributed by atoms with Gasteiger partial charge in [-0.3, -0.25) is 9.59 Å². The molecule has 1 heterocycles. The predicted octanol–water partition coefficient (Wildman–Crippen LogP) is 2.23. The first kappa shape index (κ1) is 25.4. The lowest BCUT2D eigenvalue weighted by Gasteiger charge is -2.43. The van der Waals surface area contributed by atoms with Crippen molar-refractivity contribution in [1.29, 1.82) is 0 Å². The average Bonchev–Trinajstić information content (AvgIpc) is 2.72. The van der Waals surface area contributed by atoms with Crippen LogP contribution in [-0.4, -0.2) is 71.9 Å². The summed E-state index contributed by atoms with van der Waals surface area (Å²) in [4.78, 5) is 51.4. The maximum absolute atomic E-state index is 12.5. The highest BCUT2D eigenvalue weighted by atomic mass is 16.5. The van der Waals surface area contributed by atoms with Crippen LogP contribution in [-0.2, 0) is 28.7 Å². The molecule has 0 aromatic heterocycles. The van der Waals surface area contributed by atoms with Crippen LogP contribution in [0.2, 0.25) is 0 Å². The van der Waals surface area contributed by atoms with E-state index in [4.69, 9.17) is 9.47 Å². The van der Waals surface area contributed by atoms with Crippen molar-refractivity contribution in [2.24, 2.45) is 0 Å². The molecule has 0 saturated carbocycles. The summed E-state index contributed by atoms with van der Waals surface area (Å²) in [5.74, 6) is -1.68. The molecule has 30 heavy (non-hydrogen) atoms. The number of carbonyl (C=O) groups excluding carboxylic acids is 4. The van der Waals surface area contributed by atoms with Crippen molar-refractivity contribution in [2.45, 2.75) is 65.5 Å². The van der Waals surface area contributed by atoms with Gasteiger partial charge < -0.3 is 19.3 Å². The van der Waals surface area contributed by atoms with Crippen LogP contribution in [0.15, 0.2) is 24.3 Å². The summed E-state index contributed by atoms with van der Waals surface area (Å²) in [7, 11) is 0. The van der Waals surface area contributed by atoms with E-state index in [0.29, 0.717) is 26.3 Å². The van der Waals surface area contributed by atoms with Gasteiger partial charge in [0.1, 0.15) is 0 Å². The first-order valence-electron chi connectivity index (χ1n) is 10.6.